The molecule has 0 aliphatic carbocycles. The number of nitrogens with zero attached hydrogens (tertiary/aromatic N) is 2. The SMILES string of the molecule is CN1C(=O)N[C@@H]2CN(C(=O)c3occc3Br)CC[C@@H]21. The molecule has 2 saturated heterocycles. The van der Waals surface area contributed by atoms with Crippen LogP contribution in [0, 0.1) is 0 Å². The zero-order valence-electron chi connectivity index (χ0n) is 10.4. The third kappa shape index (κ3) is 2.01. The first kappa shape index (κ1) is 12.5. The van der Waals surface area contributed by atoms with Crippen LogP contribution in [0.1, 0.15) is 17.0 Å². The van der Waals surface area contributed by atoms with Crippen LogP contribution in [0.15, 0.2) is 21.2 Å². The Hall–Kier alpha value is -1.50. The van der Waals surface area contributed by atoms with Crippen molar-refractivity contribution in [2.24, 2.45) is 0 Å². The monoisotopic (exact) mass is 327 g/mol. The number of amides is 3. The van der Waals surface area contributed by atoms with Crippen molar-refractivity contribution in [3.63, 3.8) is 0 Å². The molecule has 0 spiro atoms. The average Bonchev–Trinajstić information content (AvgIpc) is 2.93. The molecule has 19 heavy (non-hydrogen) atoms. The maximum atomic E-state index is 12.3. The number of likely N-dealkylation sites (tertiary alicyclic amines) is 1. The molecule has 3 rings (SSSR count). The molecule has 7 heteroatoms. The molecule has 0 aromatic carbocycles. The Morgan fingerprint density at radius 2 is 2.37 bits per heavy atom. The van der Waals surface area contributed by atoms with E-state index in [1.54, 1.807) is 22.9 Å². The van der Waals surface area contributed by atoms with Crippen LogP contribution in [0.2, 0.25) is 0 Å². The van der Waals surface area contributed by atoms with E-state index >= 15 is 0 Å². The van der Waals surface area contributed by atoms with Crippen molar-refractivity contribution in [2.75, 3.05) is 20.1 Å². The van der Waals surface area contributed by atoms with E-state index in [1.807, 2.05) is 0 Å². The fourth-order valence-electron chi connectivity index (χ4n) is 2.73. The van der Waals surface area contributed by atoms with E-state index in [0.29, 0.717) is 23.3 Å². The Kier molecular flexibility index (Phi) is 3.00. The number of nitrogens with one attached hydrogen (secondary N) is 1. The van der Waals surface area contributed by atoms with Gasteiger partial charge >= 0.3 is 6.03 Å². The quantitative estimate of drug-likeness (QED) is 0.845. The first-order valence-corrected chi connectivity index (χ1v) is 6.93. The number of hydrogen-bond acceptors (Lipinski definition) is 3. The van der Waals surface area contributed by atoms with Gasteiger partial charge in [0.25, 0.3) is 5.91 Å². The highest BCUT2D eigenvalue weighted by atomic mass is 79.9. The second-order valence-electron chi connectivity index (χ2n) is 4.87. The van der Waals surface area contributed by atoms with Crippen LogP contribution in [0.25, 0.3) is 0 Å². The predicted molar refractivity (Wildman–Crippen MR) is 70.8 cm³/mol. The molecule has 2 aliphatic rings. The summed E-state index contributed by atoms with van der Waals surface area (Å²) in [5.41, 5.74) is 0. The highest BCUT2D eigenvalue weighted by molar-refractivity contribution is 9.10. The lowest BCUT2D eigenvalue weighted by molar-refractivity contribution is 0.0633. The summed E-state index contributed by atoms with van der Waals surface area (Å²) in [6.45, 7) is 1.15. The van der Waals surface area contributed by atoms with Gasteiger partial charge in [-0.2, -0.15) is 0 Å². The molecule has 1 aromatic heterocycles. The summed E-state index contributed by atoms with van der Waals surface area (Å²) in [6, 6.07) is 1.81. The highest BCUT2D eigenvalue weighted by Gasteiger charge is 2.42. The van der Waals surface area contributed by atoms with Crippen molar-refractivity contribution in [1.29, 1.82) is 0 Å². The molecule has 2 fully saturated rings. The minimum Gasteiger partial charge on any atom is -0.458 e. The summed E-state index contributed by atoms with van der Waals surface area (Å²) >= 11 is 3.29. The number of piperidine rings is 1. The minimum absolute atomic E-state index is 0.00365. The van der Waals surface area contributed by atoms with E-state index in [0.717, 1.165) is 6.42 Å². The molecule has 1 aromatic rings. The summed E-state index contributed by atoms with van der Waals surface area (Å²) in [7, 11) is 1.79. The van der Waals surface area contributed by atoms with Crippen LogP contribution in [0.3, 0.4) is 0 Å². The minimum atomic E-state index is -0.140. The Bertz CT molecular complexity index is 530. The van der Waals surface area contributed by atoms with Crippen molar-refractivity contribution in [2.45, 2.75) is 18.5 Å². The molecule has 0 radical (unpaired) electrons. The molecule has 2 atom stereocenters. The van der Waals surface area contributed by atoms with Crippen LogP contribution >= 0.6 is 15.9 Å². The first-order valence-electron chi connectivity index (χ1n) is 6.13. The number of carbonyl (C=O) groups is 2. The van der Waals surface area contributed by atoms with Crippen LogP contribution in [0.5, 0.6) is 0 Å². The Morgan fingerprint density at radius 3 is 3.05 bits per heavy atom. The summed E-state index contributed by atoms with van der Waals surface area (Å²) < 4.78 is 5.86. The van der Waals surface area contributed by atoms with E-state index < -0.39 is 0 Å². The normalized spacial score (nSPS) is 26.3. The molecule has 6 nitrogen and oxygen atoms in total. The smallest absolute Gasteiger partial charge is 0.317 e. The first-order chi connectivity index (χ1) is 9.08. The number of carbonyl (C=O) groups excluding carboxylic acids is 2. The molecule has 0 unspecified atom stereocenters. The van der Waals surface area contributed by atoms with E-state index in [1.165, 1.54) is 6.26 Å². The van der Waals surface area contributed by atoms with Crippen molar-refractivity contribution >= 4 is 27.9 Å². The fourth-order valence-corrected chi connectivity index (χ4v) is 3.10. The molecule has 102 valence electrons. The third-order valence-corrected chi connectivity index (χ3v) is 4.43. The number of rotatable bonds is 1. The molecule has 1 N–H and O–H groups in total. The van der Waals surface area contributed by atoms with Crippen molar-refractivity contribution < 1.29 is 14.0 Å². The number of fused-ring (bicyclic) bond motifs is 1. The Labute approximate surface area is 118 Å². The molecule has 3 heterocycles. The van der Waals surface area contributed by atoms with Crippen LogP contribution in [-0.2, 0) is 0 Å². The molecule has 3 amide bonds. The van der Waals surface area contributed by atoms with Crippen LogP contribution in [0.4, 0.5) is 4.79 Å². The van der Waals surface area contributed by atoms with Gasteiger partial charge in [0.05, 0.1) is 22.8 Å². The molecule has 0 bridgehead atoms. The lowest BCUT2D eigenvalue weighted by Gasteiger charge is -2.35. The molecular formula is C12H14BrN3O3. The van der Waals surface area contributed by atoms with Gasteiger partial charge in [-0.05, 0) is 28.4 Å². The maximum absolute atomic E-state index is 12.3. The molecule has 0 saturated carbocycles. The Morgan fingerprint density at radius 1 is 1.58 bits per heavy atom. The largest absolute Gasteiger partial charge is 0.458 e. The average molecular weight is 328 g/mol. The second-order valence-corrected chi connectivity index (χ2v) is 5.73. The highest BCUT2D eigenvalue weighted by Crippen LogP contribution is 2.25. The van der Waals surface area contributed by atoms with Gasteiger partial charge in [0.2, 0.25) is 5.76 Å². The van der Waals surface area contributed by atoms with Gasteiger partial charge < -0.3 is 19.5 Å². The zero-order chi connectivity index (χ0) is 13.6. The van der Waals surface area contributed by atoms with Crippen molar-refractivity contribution in [3.05, 3.63) is 22.6 Å². The van der Waals surface area contributed by atoms with Crippen molar-refractivity contribution in [1.82, 2.24) is 15.1 Å². The van der Waals surface area contributed by atoms with Crippen LogP contribution < -0.4 is 5.32 Å². The number of urea groups is 1. The zero-order valence-corrected chi connectivity index (χ0v) is 12.0. The summed E-state index contributed by atoms with van der Waals surface area (Å²) in [5.74, 6) is 0.176. The number of hydrogen-bond donors (Lipinski definition) is 1. The summed E-state index contributed by atoms with van der Waals surface area (Å²) in [5, 5.41) is 2.90. The summed E-state index contributed by atoms with van der Waals surface area (Å²) in [4.78, 5) is 27.3. The second kappa shape index (κ2) is 4.56. The standard InChI is InChI=1S/C12H14BrN3O3/c1-15-9-2-4-16(6-8(9)14-12(15)18)11(17)10-7(13)3-5-19-10/h3,5,8-9H,2,4,6H2,1H3,(H,14,18)/t8-,9+/m1/s1. The van der Waals surface area contributed by atoms with Gasteiger partial charge in [-0.15, -0.1) is 0 Å². The van der Waals surface area contributed by atoms with Gasteiger partial charge in [0, 0.05) is 20.1 Å². The lowest BCUT2D eigenvalue weighted by Crippen LogP contribution is -2.52. The third-order valence-electron chi connectivity index (χ3n) is 3.80. The van der Waals surface area contributed by atoms with Crippen LogP contribution in [-0.4, -0.2) is 54.0 Å². The van der Waals surface area contributed by atoms with Gasteiger partial charge in [0.1, 0.15) is 0 Å². The number of likely N-dealkylation sites (N-methyl/N-ethyl adjacent to an activating group) is 1. The van der Waals surface area contributed by atoms with Gasteiger partial charge in [-0.25, -0.2) is 4.79 Å². The molecular weight excluding hydrogens is 314 g/mol. The predicted octanol–water partition coefficient (Wildman–Crippen LogP) is 1.28. The van der Waals surface area contributed by atoms with E-state index in [9.17, 15) is 9.59 Å². The number of halogens is 1. The summed E-state index contributed by atoms with van der Waals surface area (Å²) in [6.07, 6.45) is 2.26. The lowest BCUT2D eigenvalue weighted by atomic mass is 10.00. The van der Waals surface area contributed by atoms with Gasteiger partial charge in [-0.1, -0.05) is 0 Å². The Balaban J connectivity index is 1.74. The van der Waals surface area contributed by atoms with E-state index in [4.69, 9.17) is 4.42 Å². The van der Waals surface area contributed by atoms with Gasteiger partial charge in [-0.3, -0.25) is 4.79 Å². The van der Waals surface area contributed by atoms with E-state index in [-0.39, 0.29) is 24.0 Å². The fraction of sp³-hybridized carbons (Fsp3) is 0.500. The number of furan rings is 1. The molecule has 2 aliphatic heterocycles. The maximum Gasteiger partial charge on any atom is 0.317 e. The topological polar surface area (TPSA) is 65.8 Å². The van der Waals surface area contributed by atoms with E-state index in [2.05, 4.69) is 21.2 Å². The van der Waals surface area contributed by atoms with Gasteiger partial charge in [0.15, 0.2) is 0 Å². The van der Waals surface area contributed by atoms with Crippen molar-refractivity contribution in [3.8, 4) is 0 Å².